The highest BCUT2D eigenvalue weighted by molar-refractivity contribution is 5.78. The van der Waals surface area contributed by atoms with E-state index in [1.807, 2.05) is 60.5 Å². The highest BCUT2D eigenvalue weighted by atomic mass is 16.5. The largest absolute Gasteiger partial charge is 0.493 e. The Kier molecular flexibility index (Phi) is 6.81. The number of rotatable bonds is 11. The minimum absolute atomic E-state index is 0.183. The summed E-state index contributed by atoms with van der Waals surface area (Å²) < 4.78 is 11.5. The molecule has 2 aromatic rings. The summed E-state index contributed by atoms with van der Waals surface area (Å²) >= 11 is 0. The molecule has 5 heteroatoms. The maximum atomic E-state index is 12.9. The fourth-order valence-corrected chi connectivity index (χ4v) is 4.17. The number of carbonyl (C=O) groups is 1. The second-order valence-electron chi connectivity index (χ2n) is 8.99. The van der Waals surface area contributed by atoms with Crippen LogP contribution in [0.3, 0.4) is 0 Å². The van der Waals surface area contributed by atoms with Gasteiger partial charge in [-0.25, -0.2) is 0 Å². The zero-order valence-electron chi connectivity index (χ0n) is 18.9. The summed E-state index contributed by atoms with van der Waals surface area (Å²) in [4.78, 5) is 17.2. The fourth-order valence-electron chi connectivity index (χ4n) is 4.17. The molecule has 5 nitrogen and oxygen atoms in total. The first kappa shape index (κ1) is 21.7. The summed E-state index contributed by atoms with van der Waals surface area (Å²) in [5.74, 6) is 2.37. The minimum Gasteiger partial charge on any atom is -0.493 e. The van der Waals surface area contributed by atoms with Gasteiger partial charge in [-0.2, -0.15) is 0 Å². The smallest absolute Gasteiger partial charge is 0.236 e. The van der Waals surface area contributed by atoms with E-state index in [2.05, 4.69) is 11.8 Å². The summed E-state index contributed by atoms with van der Waals surface area (Å²) in [6.45, 7) is 3.87. The van der Waals surface area contributed by atoms with Crippen molar-refractivity contribution in [3.05, 3.63) is 59.7 Å². The van der Waals surface area contributed by atoms with Gasteiger partial charge in [0.25, 0.3) is 0 Å². The Hall–Kier alpha value is -2.53. The topological polar surface area (TPSA) is 42.0 Å². The average molecular weight is 423 g/mol. The lowest BCUT2D eigenvalue weighted by Crippen LogP contribution is -2.44. The number of carbonyl (C=O) groups excluding carboxylic acids is 1. The number of nitrogens with zero attached hydrogens (tertiary/aromatic N) is 2. The lowest BCUT2D eigenvalue weighted by atomic mass is 10.1. The van der Waals surface area contributed by atoms with Crippen LogP contribution in [0.5, 0.6) is 11.5 Å². The van der Waals surface area contributed by atoms with Gasteiger partial charge < -0.3 is 14.4 Å². The highest BCUT2D eigenvalue weighted by Gasteiger charge is 2.40. The molecule has 0 saturated heterocycles. The summed E-state index contributed by atoms with van der Waals surface area (Å²) in [5.41, 5.74) is 2.15. The number of hydrogen-bond acceptors (Lipinski definition) is 4. The Morgan fingerprint density at radius 2 is 1.77 bits per heavy atom. The molecule has 2 aliphatic rings. The molecule has 0 bridgehead atoms. The van der Waals surface area contributed by atoms with Crippen molar-refractivity contribution in [1.29, 1.82) is 0 Å². The Bertz CT molecular complexity index is 877. The van der Waals surface area contributed by atoms with E-state index < -0.39 is 0 Å². The van der Waals surface area contributed by atoms with Crippen LogP contribution in [0.4, 0.5) is 0 Å². The van der Waals surface area contributed by atoms with Crippen LogP contribution in [-0.2, 0) is 17.9 Å². The second-order valence-corrected chi connectivity index (χ2v) is 8.99. The van der Waals surface area contributed by atoms with E-state index in [1.165, 1.54) is 25.7 Å². The molecule has 0 radical (unpaired) electrons. The van der Waals surface area contributed by atoms with E-state index in [9.17, 15) is 4.79 Å². The van der Waals surface area contributed by atoms with Gasteiger partial charge in [-0.3, -0.25) is 9.69 Å². The number of benzene rings is 2. The molecule has 2 aromatic carbocycles. The lowest BCUT2D eigenvalue weighted by molar-refractivity contribution is -0.132. The fraction of sp³-hybridized carbons (Fsp3) is 0.500. The van der Waals surface area contributed by atoms with Crippen LogP contribution in [-0.4, -0.2) is 48.5 Å². The van der Waals surface area contributed by atoms with Gasteiger partial charge >= 0.3 is 0 Å². The van der Waals surface area contributed by atoms with Crippen molar-refractivity contribution < 1.29 is 14.3 Å². The van der Waals surface area contributed by atoms with Crippen molar-refractivity contribution in [2.24, 2.45) is 5.92 Å². The van der Waals surface area contributed by atoms with Gasteiger partial charge in [0.2, 0.25) is 5.91 Å². The Morgan fingerprint density at radius 3 is 2.42 bits per heavy atom. The summed E-state index contributed by atoms with van der Waals surface area (Å²) in [6, 6.07) is 17.1. The van der Waals surface area contributed by atoms with Crippen molar-refractivity contribution in [2.45, 2.75) is 57.8 Å². The highest BCUT2D eigenvalue weighted by Crippen LogP contribution is 2.39. The minimum atomic E-state index is 0.183. The molecule has 2 saturated carbocycles. The van der Waals surface area contributed by atoms with Crippen LogP contribution >= 0.6 is 0 Å². The molecular formula is C26H34N2O3. The van der Waals surface area contributed by atoms with Gasteiger partial charge in [-0.1, -0.05) is 36.4 Å². The van der Waals surface area contributed by atoms with E-state index >= 15 is 0 Å². The third-order valence-corrected chi connectivity index (χ3v) is 6.47. The molecule has 0 N–H and O–H groups in total. The third-order valence-electron chi connectivity index (χ3n) is 6.47. The van der Waals surface area contributed by atoms with E-state index in [-0.39, 0.29) is 5.91 Å². The van der Waals surface area contributed by atoms with Gasteiger partial charge in [0.15, 0.2) is 11.5 Å². The Morgan fingerprint density at radius 1 is 1.03 bits per heavy atom. The number of methoxy groups -OCH3 is 1. The van der Waals surface area contributed by atoms with Gasteiger partial charge in [-0.05, 0) is 61.8 Å². The first-order valence-electron chi connectivity index (χ1n) is 11.4. The van der Waals surface area contributed by atoms with Crippen molar-refractivity contribution in [2.75, 3.05) is 20.7 Å². The quantitative estimate of drug-likeness (QED) is 0.535. The van der Waals surface area contributed by atoms with E-state index in [4.69, 9.17) is 9.47 Å². The van der Waals surface area contributed by atoms with Crippen LogP contribution in [0.2, 0.25) is 0 Å². The third kappa shape index (κ3) is 5.79. The molecule has 0 aliphatic heterocycles. The Labute approximate surface area is 185 Å². The summed E-state index contributed by atoms with van der Waals surface area (Å²) in [5, 5.41) is 0. The molecule has 1 amide bonds. The van der Waals surface area contributed by atoms with Gasteiger partial charge in [0.05, 0.1) is 13.7 Å². The summed E-state index contributed by atoms with van der Waals surface area (Å²) in [7, 11) is 3.54. The maximum Gasteiger partial charge on any atom is 0.236 e. The molecule has 166 valence electrons. The molecule has 2 fully saturated rings. The molecular weight excluding hydrogens is 388 g/mol. The SMILES string of the molecule is COc1cc(CN(C)C(=O)CN(C2CC2)[C@H](C)C2CC2)ccc1OCc1ccccc1. The van der Waals surface area contributed by atoms with Crippen LogP contribution in [0.15, 0.2) is 48.5 Å². The van der Waals surface area contributed by atoms with Crippen molar-refractivity contribution in [1.82, 2.24) is 9.80 Å². The van der Waals surface area contributed by atoms with Gasteiger partial charge in [0, 0.05) is 25.7 Å². The van der Waals surface area contributed by atoms with Gasteiger partial charge in [-0.15, -0.1) is 0 Å². The normalized spacial score (nSPS) is 16.8. The van der Waals surface area contributed by atoms with Crippen LogP contribution in [0.1, 0.15) is 43.7 Å². The summed E-state index contributed by atoms with van der Waals surface area (Å²) in [6.07, 6.45) is 5.09. The molecule has 0 spiro atoms. The van der Waals surface area contributed by atoms with Crippen molar-refractivity contribution in [3.8, 4) is 11.5 Å². The van der Waals surface area contributed by atoms with Crippen LogP contribution < -0.4 is 9.47 Å². The molecule has 0 unspecified atom stereocenters. The number of hydrogen-bond donors (Lipinski definition) is 0. The molecule has 4 rings (SSSR count). The van der Waals surface area contributed by atoms with E-state index in [1.54, 1.807) is 7.11 Å². The van der Waals surface area contributed by atoms with Crippen molar-refractivity contribution in [3.63, 3.8) is 0 Å². The zero-order valence-corrected chi connectivity index (χ0v) is 18.9. The molecule has 2 aliphatic carbocycles. The predicted octanol–water partition coefficient (Wildman–Crippen LogP) is 4.50. The predicted molar refractivity (Wildman–Crippen MR) is 122 cm³/mol. The number of ether oxygens (including phenoxy) is 2. The van der Waals surface area contributed by atoms with Gasteiger partial charge in [0.1, 0.15) is 6.61 Å². The number of likely N-dealkylation sites (N-methyl/N-ethyl adjacent to an activating group) is 1. The molecule has 31 heavy (non-hydrogen) atoms. The monoisotopic (exact) mass is 422 g/mol. The van der Waals surface area contributed by atoms with E-state index in [0.717, 1.165) is 17.0 Å². The second kappa shape index (κ2) is 9.73. The molecule has 0 heterocycles. The molecule has 0 aromatic heterocycles. The maximum absolute atomic E-state index is 12.9. The first-order chi connectivity index (χ1) is 15.0. The lowest BCUT2D eigenvalue weighted by Gasteiger charge is -2.30. The van der Waals surface area contributed by atoms with Crippen LogP contribution in [0, 0.1) is 5.92 Å². The first-order valence-corrected chi connectivity index (χ1v) is 11.4. The van der Waals surface area contributed by atoms with Crippen LogP contribution in [0.25, 0.3) is 0 Å². The number of amides is 1. The zero-order chi connectivity index (χ0) is 21.8. The van der Waals surface area contributed by atoms with Crippen molar-refractivity contribution >= 4 is 5.91 Å². The standard InChI is InChI=1S/C26H34N2O3/c1-19(22-10-11-22)28(23-12-13-23)17-26(29)27(2)16-21-9-14-24(25(15-21)30-3)31-18-20-7-5-4-6-8-20/h4-9,14-15,19,22-23H,10-13,16-18H2,1-3H3/t19-/m1/s1. The Balaban J connectivity index is 1.34. The van der Waals surface area contributed by atoms with E-state index in [0.29, 0.717) is 43.3 Å². The average Bonchev–Trinajstić information content (AvgIpc) is 3.69. The molecule has 1 atom stereocenters.